The Kier molecular flexibility index (Phi) is 6.54. The molecule has 0 aliphatic carbocycles. The molecule has 0 aromatic heterocycles. The van der Waals surface area contributed by atoms with Crippen molar-refractivity contribution in [3.05, 3.63) is 29.8 Å². The highest BCUT2D eigenvalue weighted by molar-refractivity contribution is 5.32. The minimum atomic E-state index is 0.160. The molecule has 0 aliphatic rings. The summed E-state index contributed by atoms with van der Waals surface area (Å²) in [4.78, 5) is 0. The maximum Gasteiger partial charge on any atom is 0.120 e. The summed E-state index contributed by atoms with van der Waals surface area (Å²) in [5, 5.41) is 3.39. The van der Waals surface area contributed by atoms with Gasteiger partial charge in [-0.05, 0) is 43.0 Å². The molecule has 1 aromatic rings. The zero-order valence-corrected chi connectivity index (χ0v) is 14.0. The molecule has 0 saturated carbocycles. The maximum atomic E-state index is 6.24. The van der Waals surface area contributed by atoms with Gasteiger partial charge in [0, 0.05) is 6.04 Å². The largest absolute Gasteiger partial charge is 0.489 e. The van der Waals surface area contributed by atoms with Gasteiger partial charge in [-0.2, -0.15) is 0 Å². The summed E-state index contributed by atoms with van der Waals surface area (Å²) >= 11 is 0. The maximum absolute atomic E-state index is 6.24. The van der Waals surface area contributed by atoms with Gasteiger partial charge in [-0.1, -0.05) is 53.2 Å². The Morgan fingerprint density at radius 2 is 1.90 bits per heavy atom. The SMILES string of the molecule is CCCC(NC)C(CC)Oc1cccc(C(C)(C)C)c1. The van der Waals surface area contributed by atoms with Crippen LogP contribution in [0.3, 0.4) is 0 Å². The summed E-state index contributed by atoms with van der Waals surface area (Å²) < 4.78 is 6.24. The van der Waals surface area contributed by atoms with E-state index >= 15 is 0 Å². The zero-order chi connectivity index (χ0) is 15.2. The lowest BCUT2D eigenvalue weighted by atomic mass is 9.87. The Hall–Kier alpha value is -1.02. The number of likely N-dealkylation sites (N-methyl/N-ethyl adjacent to an activating group) is 1. The van der Waals surface area contributed by atoms with Crippen LogP contribution < -0.4 is 10.1 Å². The lowest BCUT2D eigenvalue weighted by molar-refractivity contribution is 0.146. The van der Waals surface area contributed by atoms with Gasteiger partial charge in [-0.25, -0.2) is 0 Å². The van der Waals surface area contributed by atoms with Crippen molar-refractivity contribution in [2.75, 3.05) is 7.05 Å². The van der Waals surface area contributed by atoms with Crippen LogP contribution in [-0.4, -0.2) is 19.2 Å². The van der Waals surface area contributed by atoms with Crippen LogP contribution in [0.5, 0.6) is 5.75 Å². The summed E-state index contributed by atoms with van der Waals surface area (Å²) in [6, 6.07) is 8.94. The number of ether oxygens (including phenoxy) is 1. The normalized spacial score (nSPS) is 14.9. The summed E-state index contributed by atoms with van der Waals surface area (Å²) in [5.41, 5.74) is 1.48. The van der Waals surface area contributed by atoms with E-state index in [0.29, 0.717) is 6.04 Å². The van der Waals surface area contributed by atoms with E-state index in [2.05, 4.69) is 64.2 Å². The van der Waals surface area contributed by atoms with Crippen LogP contribution in [0.15, 0.2) is 24.3 Å². The van der Waals surface area contributed by atoms with Crippen LogP contribution in [0, 0.1) is 0 Å². The first kappa shape index (κ1) is 17.0. The van der Waals surface area contributed by atoms with Crippen molar-refractivity contribution in [3.8, 4) is 5.75 Å². The monoisotopic (exact) mass is 277 g/mol. The average Bonchev–Trinajstić information content (AvgIpc) is 2.42. The highest BCUT2D eigenvalue weighted by atomic mass is 16.5. The number of nitrogens with one attached hydrogen (secondary N) is 1. The number of hydrogen-bond donors (Lipinski definition) is 1. The molecule has 0 saturated heterocycles. The molecule has 2 nitrogen and oxygen atoms in total. The molecule has 0 aliphatic heterocycles. The van der Waals surface area contributed by atoms with Gasteiger partial charge in [-0.15, -0.1) is 0 Å². The first-order valence-corrected chi connectivity index (χ1v) is 7.86. The predicted octanol–water partition coefficient (Wildman–Crippen LogP) is 4.53. The minimum absolute atomic E-state index is 0.160. The topological polar surface area (TPSA) is 21.3 Å². The van der Waals surface area contributed by atoms with E-state index in [1.165, 1.54) is 12.0 Å². The van der Waals surface area contributed by atoms with Gasteiger partial charge in [0.15, 0.2) is 0 Å². The van der Waals surface area contributed by atoms with Crippen LogP contribution in [0.2, 0.25) is 0 Å². The standard InChI is InChI=1S/C18H31NO/c1-7-10-16(19-6)17(8-2)20-15-12-9-11-14(13-15)18(3,4)5/h9,11-13,16-17,19H,7-8,10H2,1-6H3. The fourth-order valence-electron chi connectivity index (χ4n) is 2.49. The molecule has 2 unspecified atom stereocenters. The van der Waals surface area contributed by atoms with Crippen molar-refractivity contribution in [2.24, 2.45) is 0 Å². The Bertz CT molecular complexity index is 395. The molecule has 0 radical (unpaired) electrons. The fourth-order valence-corrected chi connectivity index (χ4v) is 2.49. The van der Waals surface area contributed by atoms with Gasteiger partial charge >= 0.3 is 0 Å². The van der Waals surface area contributed by atoms with Gasteiger partial charge in [0.05, 0.1) is 0 Å². The van der Waals surface area contributed by atoms with Crippen LogP contribution in [0.1, 0.15) is 59.4 Å². The van der Waals surface area contributed by atoms with Crippen molar-refractivity contribution in [1.29, 1.82) is 0 Å². The van der Waals surface area contributed by atoms with Gasteiger partial charge in [0.2, 0.25) is 0 Å². The van der Waals surface area contributed by atoms with E-state index in [1.54, 1.807) is 0 Å². The summed E-state index contributed by atoms with van der Waals surface area (Å²) in [6.07, 6.45) is 3.57. The van der Waals surface area contributed by atoms with Crippen LogP contribution in [-0.2, 0) is 5.41 Å². The molecule has 0 bridgehead atoms. The van der Waals surface area contributed by atoms with E-state index in [9.17, 15) is 0 Å². The van der Waals surface area contributed by atoms with E-state index < -0.39 is 0 Å². The predicted molar refractivity (Wildman–Crippen MR) is 87.6 cm³/mol. The van der Waals surface area contributed by atoms with Crippen LogP contribution in [0.4, 0.5) is 0 Å². The van der Waals surface area contributed by atoms with Crippen molar-refractivity contribution in [1.82, 2.24) is 5.32 Å². The van der Waals surface area contributed by atoms with Gasteiger partial charge in [0.25, 0.3) is 0 Å². The third kappa shape index (κ3) is 4.82. The van der Waals surface area contributed by atoms with Crippen LogP contribution >= 0.6 is 0 Å². The fraction of sp³-hybridized carbons (Fsp3) is 0.667. The Morgan fingerprint density at radius 1 is 1.20 bits per heavy atom. The third-order valence-corrected chi connectivity index (χ3v) is 3.81. The second-order valence-electron chi connectivity index (χ2n) is 6.53. The second-order valence-corrected chi connectivity index (χ2v) is 6.53. The molecule has 20 heavy (non-hydrogen) atoms. The van der Waals surface area contributed by atoms with E-state index in [4.69, 9.17) is 4.74 Å². The quantitative estimate of drug-likeness (QED) is 0.790. The molecular weight excluding hydrogens is 246 g/mol. The summed E-state index contributed by atoms with van der Waals surface area (Å²) in [7, 11) is 2.03. The molecule has 2 atom stereocenters. The number of hydrogen-bond acceptors (Lipinski definition) is 2. The van der Waals surface area contributed by atoms with E-state index in [-0.39, 0.29) is 11.5 Å². The van der Waals surface area contributed by atoms with Crippen molar-refractivity contribution in [2.45, 2.75) is 71.4 Å². The highest BCUT2D eigenvalue weighted by Gasteiger charge is 2.20. The van der Waals surface area contributed by atoms with Gasteiger partial charge in [-0.3, -0.25) is 0 Å². The number of benzene rings is 1. The van der Waals surface area contributed by atoms with Gasteiger partial charge < -0.3 is 10.1 Å². The molecule has 1 aromatic carbocycles. The summed E-state index contributed by atoms with van der Waals surface area (Å²) in [6.45, 7) is 11.1. The Morgan fingerprint density at radius 3 is 2.40 bits per heavy atom. The average molecular weight is 277 g/mol. The smallest absolute Gasteiger partial charge is 0.120 e. The third-order valence-electron chi connectivity index (χ3n) is 3.81. The molecule has 1 rings (SSSR count). The van der Waals surface area contributed by atoms with Gasteiger partial charge in [0.1, 0.15) is 11.9 Å². The molecule has 0 heterocycles. The Labute approximate surface area is 124 Å². The molecule has 1 N–H and O–H groups in total. The molecule has 2 heteroatoms. The lowest BCUT2D eigenvalue weighted by Crippen LogP contribution is -2.40. The highest BCUT2D eigenvalue weighted by Crippen LogP contribution is 2.26. The summed E-state index contributed by atoms with van der Waals surface area (Å²) in [5.74, 6) is 0.987. The van der Waals surface area contributed by atoms with E-state index in [1.807, 2.05) is 7.05 Å². The van der Waals surface area contributed by atoms with Crippen molar-refractivity contribution in [3.63, 3.8) is 0 Å². The van der Waals surface area contributed by atoms with Crippen molar-refractivity contribution < 1.29 is 4.74 Å². The lowest BCUT2D eigenvalue weighted by Gasteiger charge is -2.27. The second kappa shape index (κ2) is 7.68. The molecule has 0 amide bonds. The number of rotatable bonds is 7. The molecule has 0 spiro atoms. The van der Waals surface area contributed by atoms with Crippen LogP contribution in [0.25, 0.3) is 0 Å². The van der Waals surface area contributed by atoms with E-state index in [0.717, 1.165) is 18.6 Å². The van der Waals surface area contributed by atoms with Crippen molar-refractivity contribution >= 4 is 0 Å². The minimum Gasteiger partial charge on any atom is -0.489 e. The zero-order valence-electron chi connectivity index (χ0n) is 14.0. The Balaban J connectivity index is 2.84. The molecule has 0 fully saturated rings. The molecular formula is C18H31NO. The first-order valence-electron chi connectivity index (χ1n) is 7.86. The molecule has 114 valence electrons. The first-order chi connectivity index (χ1) is 9.42.